The molecule has 8 heteroatoms. The molecule has 2 aliphatic rings. The molecule has 1 saturated carbocycles. The maximum absolute atomic E-state index is 13.0. The summed E-state index contributed by atoms with van der Waals surface area (Å²) in [6.45, 7) is 2.32. The van der Waals surface area contributed by atoms with Gasteiger partial charge in [0.1, 0.15) is 5.75 Å². The molecule has 0 bridgehead atoms. The molecule has 4 rings (SSSR count). The fraction of sp³-hybridized carbons (Fsp3) is 0.524. The second-order valence-corrected chi connectivity index (χ2v) is 7.98. The molecular weight excluding hydrogens is 383 g/mol. The van der Waals surface area contributed by atoms with E-state index in [9.17, 15) is 23.4 Å². The summed E-state index contributed by atoms with van der Waals surface area (Å²) in [6.07, 6.45) is 0.536. The van der Waals surface area contributed by atoms with Gasteiger partial charge in [-0.2, -0.15) is 13.2 Å². The maximum atomic E-state index is 13.0. The number of fused-ring (bicyclic) bond motifs is 1. The van der Waals surface area contributed by atoms with Crippen LogP contribution in [0.1, 0.15) is 48.8 Å². The number of aromatic nitrogens is 2. The Morgan fingerprint density at radius 2 is 1.83 bits per heavy atom. The molecule has 2 aromatic rings. The van der Waals surface area contributed by atoms with Gasteiger partial charge in [0, 0.05) is 12.1 Å². The highest BCUT2D eigenvalue weighted by molar-refractivity contribution is 5.72. The standard InChI is InChI=1S/C21H24F3N3O2/c1-12-9-14(21(22,23)24)11-18(29)19(12)15-10-13-5-4-8-27(20(13)26-25-15)16-6-2-3-7-17(16)28/h9-11,16-17,28-29H,2-8H2,1H3/t16-,17-/m1/s1. The van der Waals surface area contributed by atoms with Gasteiger partial charge in [-0.15, -0.1) is 10.2 Å². The summed E-state index contributed by atoms with van der Waals surface area (Å²) in [5, 5.41) is 29.3. The summed E-state index contributed by atoms with van der Waals surface area (Å²) in [5.41, 5.74) is 0.973. The largest absolute Gasteiger partial charge is 0.507 e. The van der Waals surface area contributed by atoms with Crippen molar-refractivity contribution in [2.45, 2.75) is 63.8 Å². The van der Waals surface area contributed by atoms with Crippen LogP contribution in [0.5, 0.6) is 5.75 Å². The third kappa shape index (κ3) is 3.77. The molecule has 0 radical (unpaired) electrons. The lowest BCUT2D eigenvalue weighted by Crippen LogP contribution is -2.48. The topological polar surface area (TPSA) is 69.5 Å². The minimum atomic E-state index is -4.52. The van der Waals surface area contributed by atoms with Crippen molar-refractivity contribution in [2.24, 2.45) is 0 Å². The van der Waals surface area contributed by atoms with Crippen molar-refractivity contribution in [1.29, 1.82) is 0 Å². The molecule has 2 N–H and O–H groups in total. The van der Waals surface area contributed by atoms with Gasteiger partial charge < -0.3 is 15.1 Å². The van der Waals surface area contributed by atoms with Crippen molar-refractivity contribution in [3.8, 4) is 17.0 Å². The number of aromatic hydroxyl groups is 1. The van der Waals surface area contributed by atoms with Crippen molar-refractivity contribution in [1.82, 2.24) is 10.2 Å². The first kappa shape index (κ1) is 19.9. The fourth-order valence-corrected chi connectivity index (χ4v) is 4.56. The predicted molar refractivity (Wildman–Crippen MR) is 103 cm³/mol. The number of aryl methyl sites for hydroxylation is 2. The van der Waals surface area contributed by atoms with Crippen LogP contribution in [0.3, 0.4) is 0 Å². The van der Waals surface area contributed by atoms with E-state index in [1.54, 1.807) is 6.07 Å². The quantitative estimate of drug-likeness (QED) is 0.780. The highest BCUT2D eigenvalue weighted by Gasteiger charge is 2.34. The molecular formula is C21H24F3N3O2. The average Bonchev–Trinajstić information content (AvgIpc) is 2.66. The Balaban J connectivity index is 1.70. The zero-order chi connectivity index (χ0) is 20.8. The van der Waals surface area contributed by atoms with Gasteiger partial charge in [0.2, 0.25) is 0 Å². The monoisotopic (exact) mass is 407 g/mol. The van der Waals surface area contributed by atoms with Crippen LogP contribution >= 0.6 is 0 Å². The molecule has 1 aliphatic heterocycles. The summed E-state index contributed by atoms with van der Waals surface area (Å²) in [6, 6.07) is 3.57. The number of aliphatic hydroxyl groups is 1. The molecule has 2 atom stereocenters. The maximum Gasteiger partial charge on any atom is 0.416 e. The molecule has 2 heterocycles. The SMILES string of the molecule is Cc1cc(C(F)(F)F)cc(O)c1-c1cc2c(nn1)N([C@@H]1CCCC[C@H]1O)CCC2. The van der Waals surface area contributed by atoms with Gasteiger partial charge in [-0.25, -0.2) is 0 Å². The zero-order valence-electron chi connectivity index (χ0n) is 16.2. The summed E-state index contributed by atoms with van der Waals surface area (Å²) >= 11 is 0. The smallest absolute Gasteiger partial charge is 0.416 e. The van der Waals surface area contributed by atoms with Gasteiger partial charge in [-0.1, -0.05) is 12.8 Å². The number of alkyl halides is 3. The Morgan fingerprint density at radius 1 is 1.07 bits per heavy atom. The van der Waals surface area contributed by atoms with E-state index < -0.39 is 23.6 Å². The number of rotatable bonds is 2. The second kappa shape index (κ2) is 7.48. The summed E-state index contributed by atoms with van der Waals surface area (Å²) in [7, 11) is 0. The normalized spacial score (nSPS) is 22.4. The van der Waals surface area contributed by atoms with E-state index in [0.29, 0.717) is 11.3 Å². The van der Waals surface area contributed by atoms with Gasteiger partial charge in [0.25, 0.3) is 0 Å². The number of phenolic OH excluding ortho intramolecular Hbond substituents is 1. The van der Waals surface area contributed by atoms with Gasteiger partial charge >= 0.3 is 6.18 Å². The molecule has 0 unspecified atom stereocenters. The van der Waals surface area contributed by atoms with Crippen LogP contribution in [0, 0.1) is 6.92 Å². The molecule has 0 saturated heterocycles. The number of hydrogen-bond acceptors (Lipinski definition) is 5. The minimum absolute atomic E-state index is 0.0177. The van der Waals surface area contributed by atoms with Crippen molar-refractivity contribution in [3.63, 3.8) is 0 Å². The van der Waals surface area contributed by atoms with E-state index >= 15 is 0 Å². The van der Waals surface area contributed by atoms with Crippen LogP contribution in [0.15, 0.2) is 18.2 Å². The Labute approximate surface area is 167 Å². The van der Waals surface area contributed by atoms with Crippen LogP contribution in [-0.2, 0) is 12.6 Å². The summed E-state index contributed by atoms with van der Waals surface area (Å²) in [4.78, 5) is 2.12. The third-order valence-electron chi connectivity index (χ3n) is 5.96. The number of anilines is 1. The first-order valence-electron chi connectivity index (χ1n) is 9.98. The van der Waals surface area contributed by atoms with E-state index in [1.165, 1.54) is 6.92 Å². The van der Waals surface area contributed by atoms with Gasteiger partial charge in [-0.3, -0.25) is 0 Å². The summed E-state index contributed by atoms with van der Waals surface area (Å²) < 4.78 is 39.0. The van der Waals surface area contributed by atoms with E-state index in [2.05, 4.69) is 15.1 Å². The van der Waals surface area contributed by atoms with Gasteiger partial charge in [-0.05, 0) is 61.9 Å². The van der Waals surface area contributed by atoms with Crippen molar-refractivity contribution in [2.75, 3.05) is 11.4 Å². The van der Waals surface area contributed by atoms with Crippen molar-refractivity contribution < 1.29 is 23.4 Å². The highest BCUT2D eigenvalue weighted by atomic mass is 19.4. The van der Waals surface area contributed by atoms with Crippen LogP contribution in [0.2, 0.25) is 0 Å². The molecule has 1 fully saturated rings. The van der Waals surface area contributed by atoms with Crippen LogP contribution in [0.4, 0.5) is 19.0 Å². The van der Waals surface area contributed by atoms with E-state index in [1.807, 2.05) is 0 Å². The summed E-state index contributed by atoms with van der Waals surface area (Å²) in [5.74, 6) is 0.275. The third-order valence-corrected chi connectivity index (χ3v) is 5.96. The van der Waals surface area contributed by atoms with Crippen molar-refractivity contribution in [3.05, 3.63) is 34.9 Å². The fourth-order valence-electron chi connectivity index (χ4n) is 4.56. The molecule has 1 aromatic carbocycles. The lowest BCUT2D eigenvalue weighted by Gasteiger charge is -2.41. The number of halogens is 3. The highest BCUT2D eigenvalue weighted by Crippen LogP contribution is 2.40. The average molecular weight is 407 g/mol. The van der Waals surface area contributed by atoms with Crippen LogP contribution < -0.4 is 4.90 Å². The number of hydrogen-bond donors (Lipinski definition) is 2. The molecule has 156 valence electrons. The minimum Gasteiger partial charge on any atom is -0.507 e. The van der Waals surface area contributed by atoms with Crippen LogP contribution in [-0.4, -0.2) is 39.1 Å². The second-order valence-electron chi connectivity index (χ2n) is 7.98. The molecule has 1 aliphatic carbocycles. The Morgan fingerprint density at radius 3 is 2.52 bits per heavy atom. The lowest BCUT2D eigenvalue weighted by atomic mass is 9.89. The molecule has 0 spiro atoms. The number of nitrogens with zero attached hydrogens (tertiary/aromatic N) is 3. The van der Waals surface area contributed by atoms with E-state index in [4.69, 9.17) is 0 Å². The van der Waals surface area contributed by atoms with Crippen molar-refractivity contribution >= 4 is 5.82 Å². The molecule has 5 nitrogen and oxygen atoms in total. The molecule has 1 aromatic heterocycles. The predicted octanol–water partition coefficient (Wildman–Crippen LogP) is 4.23. The van der Waals surface area contributed by atoms with E-state index in [0.717, 1.165) is 68.6 Å². The Kier molecular flexibility index (Phi) is 5.14. The lowest BCUT2D eigenvalue weighted by molar-refractivity contribution is -0.137. The van der Waals surface area contributed by atoms with Gasteiger partial charge in [0.15, 0.2) is 5.82 Å². The molecule has 0 amide bonds. The van der Waals surface area contributed by atoms with Gasteiger partial charge in [0.05, 0.1) is 23.4 Å². The first-order valence-corrected chi connectivity index (χ1v) is 9.98. The Bertz CT molecular complexity index is 894. The van der Waals surface area contributed by atoms with Crippen LogP contribution in [0.25, 0.3) is 11.3 Å². The van der Waals surface area contributed by atoms with E-state index in [-0.39, 0.29) is 11.6 Å². The zero-order valence-corrected chi connectivity index (χ0v) is 16.2. The molecule has 29 heavy (non-hydrogen) atoms. The number of phenols is 1. The number of aliphatic hydroxyl groups excluding tert-OH is 1. The first-order chi connectivity index (χ1) is 13.8. The number of benzene rings is 1. The Hall–Kier alpha value is -2.35.